The predicted molar refractivity (Wildman–Crippen MR) is 72.8 cm³/mol. The molecule has 4 nitrogen and oxygen atoms in total. The second-order valence-electron chi connectivity index (χ2n) is 6.40. The third-order valence-corrected chi connectivity index (χ3v) is 4.98. The van der Waals surface area contributed by atoms with Crippen molar-refractivity contribution in [3.8, 4) is 0 Å². The highest BCUT2D eigenvalue weighted by atomic mass is 16.4. The fourth-order valence-corrected chi connectivity index (χ4v) is 3.80. The molecule has 0 spiro atoms. The van der Waals surface area contributed by atoms with Crippen LogP contribution in [0, 0.1) is 5.41 Å². The molecule has 19 heavy (non-hydrogen) atoms. The highest BCUT2D eigenvalue weighted by Gasteiger charge is 2.39. The molecule has 0 aliphatic heterocycles. The lowest BCUT2D eigenvalue weighted by Gasteiger charge is -2.31. The second kappa shape index (κ2) is 5.93. The number of carboxylic acids is 1. The summed E-state index contributed by atoms with van der Waals surface area (Å²) in [4.78, 5) is 25.3. The van der Waals surface area contributed by atoms with Crippen LogP contribution in [0.25, 0.3) is 0 Å². The van der Waals surface area contributed by atoms with Gasteiger partial charge in [-0.25, -0.2) is 0 Å². The molecule has 2 aliphatic carbocycles. The number of carboxylic acid groups (broad SMARTS) is 1. The van der Waals surface area contributed by atoms with E-state index in [2.05, 4.69) is 0 Å². The largest absolute Gasteiger partial charge is 0.481 e. The second-order valence-corrected chi connectivity index (χ2v) is 6.40. The summed E-state index contributed by atoms with van der Waals surface area (Å²) >= 11 is 0. The Balaban J connectivity index is 1.96. The Morgan fingerprint density at radius 2 is 1.68 bits per heavy atom. The first kappa shape index (κ1) is 14.4. The number of carbonyl (C=O) groups is 2. The molecule has 2 fully saturated rings. The van der Waals surface area contributed by atoms with E-state index in [1.54, 1.807) is 0 Å². The van der Waals surface area contributed by atoms with Gasteiger partial charge in [0.1, 0.15) is 0 Å². The Morgan fingerprint density at radius 1 is 1.11 bits per heavy atom. The summed E-state index contributed by atoms with van der Waals surface area (Å²) in [6, 6.07) is 0.385. The molecule has 2 rings (SSSR count). The fourth-order valence-electron chi connectivity index (χ4n) is 3.80. The van der Waals surface area contributed by atoms with E-state index < -0.39 is 5.97 Å². The van der Waals surface area contributed by atoms with Crippen LogP contribution in [0.2, 0.25) is 0 Å². The summed E-state index contributed by atoms with van der Waals surface area (Å²) in [6.45, 7) is 0. The monoisotopic (exact) mass is 267 g/mol. The highest BCUT2D eigenvalue weighted by Crippen LogP contribution is 2.44. The van der Waals surface area contributed by atoms with Crippen molar-refractivity contribution in [2.45, 2.75) is 70.3 Å². The van der Waals surface area contributed by atoms with Crippen LogP contribution < -0.4 is 0 Å². The van der Waals surface area contributed by atoms with Gasteiger partial charge in [-0.15, -0.1) is 0 Å². The lowest BCUT2D eigenvalue weighted by Crippen LogP contribution is -2.38. The molecule has 0 bridgehead atoms. The average molecular weight is 267 g/mol. The van der Waals surface area contributed by atoms with Crippen molar-refractivity contribution in [2.75, 3.05) is 7.05 Å². The van der Waals surface area contributed by atoms with Crippen molar-refractivity contribution in [3.05, 3.63) is 0 Å². The molecule has 0 saturated heterocycles. The maximum atomic E-state index is 12.4. The van der Waals surface area contributed by atoms with Crippen molar-refractivity contribution >= 4 is 11.9 Å². The molecular formula is C15H25NO3. The minimum absolute atomic E-state index is 0.148. The van der Waals surface area contributed by atoms with Gasteiger partial charge < -0.3 is 10.0 Å². The standard InChI is InChI=1S/C15H25NO3/c1-16(12-6-2-3-7-12)13(17)10-15(11-14(18)19)8-4-5-9-15/h12H,2-11H2,1H3,(H,18,19). The Hall–Kier alpha value is -1.06. The topological polar surface area (TPSA) is 57.6 Å². The van der Waals surface area contributed by atoms with Crippen molar-refractivity contribution in [1.82, 2.24) is 4.90 Å². The summed E-state index contributed by atoms with van der Waals surface area (Å²) in [5.41, 5.74) is -0.268. The van der Waals surface area contributed by atoms with E-state index >= 15 is 0 Å². The molecule has 0 radical (unpaired) electrons. The lowest BCUT2D eigenvalue weighted by atomic mass is 9.79. The first-order valence-electron chi connectivity index (χ1n) is 7.50. The van der Waals surface area contributed by atoms with Gasteiger partial charge in [-0.2, -0.15) is 0 Å². The van der Waals surface area contributed by atoms with Gasteiger partial charge in [-0.3, -0.25) is 9.59 Å². The van der Waals surface area contributed by atoms with Gasteiger partial charge in [0.25, 0.3) is 0 Å². The summed E-state index contributed by atoms with van der Waals surface area (Å²) in [6.07, 6.45) is 9.12. The number of aliphatic carboxylic acids is 1. The van der Waals surface area contributed by atoms with Gasteiger partial charge in [-0.05, 0) is 31.1 Å². The fraction of sp³-hybridized carbons (Fsp3) is 0.867. The normalized spacial score (nSPS) is 22.6. The number of carbonyl (C=O) groups excluding carboxylic acids is 1. The molecular weight excluding hydrogens is 242 g/mol. The molecule has 4 heteroatoms. The van der Waals surface area contributed by atoms with Crippen LogP contribution in [0.15, 0.2) is 0 Å². The lowest BCUT2D eigenvalue weighted by molar-refractivity contribution is -0.141. The van der Waals surface area contributed by atoms with E-state index in [0.29, 0.717) is 12.5 Å². The molecule has 0 unspecified atom stereocenters. The number of amides is 1. The van der Waals surface area contributed by atoms with Crippen molar-refractivity contribution in [3.63, 3.8) is 0 Å². The summed E-state index contributed by atoms with van der Waals surface area (Å²) in [5.74, 6) is -0.617. The van der Waals surface area contributed by atoms with Gasteiger partial charge in [0.2, 0.25) is 5.91 Å². The van der Waals surface area contributed by atoms with Crippen LogP contribution in [0.4, 0.5) is 0 Å². The molecule has 0 heterocycles. The molecule has 108 valence electrons. The van der Waals surface area contributed by atoms with Crippen molar-refractivity contribution in [1.29, 1.82) is 0 Å². The van der Waals surface area contributed by atoms with Crippen molar-refractivity contribution < 1.29 is 14.7 Å². The quantitative estimate of drug-likeness (QED) is 0.833. The van der Waals surface area contributed by atoms with Gasteiger partial charge in [0.05, 0.1) is 6.42 Å². The number of rotatable bonds is 5. The van der Waals surface area contributed by atoms with Crippen molar-refractivity contribution in [2.24, 2.45) is 5.41 Å². The minimum Gasteiger partial charge on any atom is -0.481 e. The van der Waals surface area contributed by atoms with Crippen LogP contribution in [-0.4, -0.2) is 35.0 Å². The van der Waals surface area contributed by atoms with E-state index in [0.717, 1.165) is 38.5 Å². The first-order valence-corrected chi connectivity index (χ1v) is 7.50. The molecule has 2 saturated carbocycles. The Morgan fingerprint density at radius 3 is 2.21 bits per heavy atom. The third-order valence-electron chi connectivity index (χ3n) is 4.98. The van der Waals surface area contributed by atoms with E-state index in [4.69, 9.17) is 5.11 Å². The summed E-state index contributed by atoms with van der Waals surface area (Å²) < 4.78 is 0. The molecule has 1 amide bonds. The van der Waals surface area contributed by atoms with Gasteiger partial charge in [0, 0.05) is 19.5 Å². The minimum atomic E-state index is -0.766. The molecule has 0 aromatic heterocycles. The van der Waals surface area contributed by atoms with E-state index in [1.165, 1.54) is 12.8 Å². The van der Waals surface area contributed by atoms with Gasteiger partial charge in [0.15, 0.2) is 0 Å². The van der Waals surface area contributed by atoms with Crippen LogP contribution in [0.3, 0.4) is 0 Å². The number of hydrogen-bond donors (Lipinski definition) is 1. The maximum Gasteiger partial charge on any atom is 0.303 e. The average Bonchev–Trinajstić information content (AvgIpc) is 2.98. The molecule has 0 aromatic carbocycles. The zero-order valence-corrected chi connectivity index (χ0v) is 11.9. The van der Waals surface area contributed by atoms with Gasteiger partial charge >= 0.3 is 5.97 Å². The Kier molecular flexibility index (Phi) is 4.48. The SMILES string of the molecule is CN(C(=O)CC1(CC(=O)O)CCCC1)C1CCCC1. The first-order chi connectivity index (χ1) is 9.02. The zero-order valence-electron chi connectivity index (χ0n) is 11.9. The predicted octanol–water partition coefficient (Wildman–Crippen LogP) is 2.81. The number of hydrogen-bond acceptors (Lipinski definition) is 2. The zero-order chi connectivity index (χ0) is 13.9. The molecule has 0 atom stereocenters. The summed E-state index contributed by atoms with van der Waals surface area (Å²) in [7, 11) is 1.89. The Bertz CT molecular complexity index is 341. The highest BCUT2D eigenvalue weighted by molar-refractivity contribution is 5.78. The van der Waals surface area contributed by atoms with Crippen LogP contribution in [0.5, 0.6) is 0 Å². The van der Waals surface area contributed by atoms with E-state index in [9.17, 15) is 9.59 Å². The smallest absolute Gasteiger partial charge is 0.303 e. The van der Waals surface area contributed by atoms with Crippen LogP contribution in [0.1, 0.15) is 64.2 Å². The number of nitrogens with zero attached hydrogens (tertiary/aromatic N) is 1. The van der Waals surface area contributed by atoms with E-state index in [-0.39, 0.29) is 17.7 Å². The molecule has 0 aromatic rings. The third kappa shape index (κ3) is 3.48. The molecule has 1 N–H and O–H groups in total. The summed E-state index contributed by atoms with van der Waals surface area (Å²) in [5, 5.41) is 9.08. The Labute approximate surface area is 115 Å². The van der Waals surface area contributed by atoms with Crippen LogP contribution in [-0.2, 0) is 9.59 Å². The maximum absolute atomic E-state index is 12.4. The van der Waals surface area contributed by atoms with Gasteiger partial charge in [-0.1, -0.05) is 25.7 Å². The van der Waals surface area contributed by atoms with Crippen LogP contribution >= 0.6 is 0 Å². The van der Waals surface area contributed by atoms with E-state index in [1.807, 2.05) is 11.9 Å². The molecule has 2 aliphatic rings.